The zero-order chi connectivity index (χ0) is 23.0. The summed E-state index contributed by atoms with van der Waals surface area (Å²) in [5, 5.41) is 1.54. The first-order valence-electron chi connectivity index (χ1n) is 11.7. The molecule has 0 saturated heterocycles. The average Bonchev–Trinajstić information content (AvgIpc) is 2.86. The SMILES string of the molecule is C=CCCc1ccc(C#Cc2ccc3cc(CCc4ccc(CC)cc4)ccc3c2F)cc1. The largest absolute Gasteiger partial charge is 0.205 e. The Bertz CT molecular complexity index is 1300. The lowest BCUT2D eigenvalue weighted by Gasteiger charge is -2.07. The molecule has 0 spiro atoms. The van der Waals surface area contributed by atoms with Crippen molar-refractivity contribution >= 4 is 10.8 Å². The van der Waals surface area contributed by atoms with E-state index in [9.17, 15) is 0 Å². The molecule has 0 bridgehead atoms. The number of hydrogen-bond donors (Lipinski definition) is 0. The van der Waals surface area contributed by atoms with Gasteiger partial charge in [-0.2, -0.15) is 0 Å². The van der Waals surface area contributed by atoms with Crippen LogP contribution in [0.4, 0.5) is 4.39 Å². The van der Waals surface area contributed by atoms with Crippen molar-refractivity contribution in [1.29, 1.82) is 0 Å². The Labute approximate surface area is 196 Å². The van der Waals surface area contributed by atoms with Crippen LogP contribution in [0, 0.1) is 17.7 Å². The summed E-state index contributed by atoms with van der Waals surface area (Å²) in [7, 11) is 0. The van der Waals surface area contributed by atoms with Crippen LogP contribution in [0.3, 0.4) is 0 Å². The lowest BCUT2D eigenvalue weighted by Crippen LogP contribution is -1.93. The van der Waals surface area contributed by atoms with E-state index in [1.165, 1.54) is 22.3 Å². The van der Waals surface area contributed by atoms with Crippen molar-refractivity contribution in [2.24, 2.45) is 0 Å². The van der Waals surface area contributed by atoms with E-state index in [1.54, 1.807) is 6.07 Å². The summed E-state index contributed by atoms with van der Waals surface area (Å²) in [5.41, 5.74) is 6.49. The van der Waals surface area contributed by atoms with Crippen LogP contribution >= 0.6 is 0 Å². The Morgan fingerprint density at radius 2 is 1.36 bits per heavy atom. The molecule has 0 aliphatic heterocycles. The van der Waals surface area contributed by atoms with E-state index in [4.69, 9.17) is 0 Å². The van der Waals surface area contributed by atoms with Gasteiger partial charge in [-0.05, 0) is 77.9 Å². The number of fused-ring (bicyclic) bond motifs is 1. The van der Waals surface area contributed by atoms with E-state index in [0.717, 1.165) is 43.1 Å². The minimum absolute atomic E-state index is 0.246. The maximum Gasteiger partial charge on any atom is 0.146 e. The average molecular weight is 433 g/mol. The summed E-state index contributed by atoms with van der Waals surface area (Å²) in [5.74, 6) is 5.86. The molecule has 0 aliphatic carbocycles. The van der Waals surface area contributed by atoms with Crippen molar-refractivity contribution in [2.75, 3.05) is 0 Å². The Balaban J connectivity index is 1.47. The van der Waals surface area contributed by atoms with E-state index in [-0.39, 0.29) is 5.82 Å². The summed E-state index contributed by atoms with van der Waals surface area (Å²) in [6.45, 7) is 5.93. The Morgan fingerprint density at radius 3 is 2.09 bits per heavy atom. The smallest absolute Gasteiger partial charge is 0.146 e. The fourth-order valence-electron chi connectivity index (χ4n) is 3.99. The molecule has 4 aromatic rings. The first-order valence-corrected chi connectivity index (χ1v) is 11.7. The standard InChI is InChI=1S/C32H29F/c1-3-5-6-25-11-13-27(14-12-25)17-19-29-20-21-30-23-28(18-22-31(30)32(29)33)16-15-26-9-7-24(4-2)8-10-26/h3,7-14,18,20-23H,1,4-6,15-16H2,2H3. The molecule has 0 fully saturated rings. The van der Waals surface area contributed by atoms with Gasteiger partial charge < -0.3 is 0 Å². The second-order valence-electron chi connectivity index (χ2n) is 8.43. The molecule has 0 aromatic heterocycles. The van der Waals surface area contributed by atoms with E-state index < -0.39 is 0 Å². The van der Waals surface area contributed by atoms with Crippen molar-refractivity contribution in [2.45, 2.75) is 39.0 Å². The van der Waals surface area contributed by atoms with Crippen LogP contribution in [-0.2, 0) is 25.7 Å². The van der Waals surface area contributed by atoms with Gasteiger partial charge in [-0.1, -0.05) is 85.5 Å². The third-order valence-electron chi connectivity index (χ3n) is 6.08. The highest BCUT2D eigenvalue weighted by atomic mass is 19.1. The molecule has 0 amide bonds. The minimum atomic E-state index is -0.246. The van der Waals surface area contributed by atoms with Gasteiger partial charge in [0.1, 0.15) is 5.82 Å². The molecular weight excluding hydrogens is 403 g/mol. The molecule has 33 heavy (non-hydrogen) atoms. The molecule has 0 radical (unpaired) electrons. The van der Waals surface area contributed by atoms with E-state index in [1.807, 2.05) is 36.4 Å². The topological polar surface area (TPSA) is 0 Å². The van der Waals surface area contributed by atoms with Crippen molar-refractivity contribution in [3.8, 4) is 11.8 Å². The van der Waals surface area contributed by atoms with Gasteiger partial charge >= 0.3 is 0 Å². The van der Waals surface area contributed by atoms with Gasteiger partial charge in [0.2, 0.25) is 0 Å². The van der Waals surface area contributed by atoms with Crippen LogP contribution in [-0.4, -0.2) is 0 Å². The van der Waals surface area contributed by atoms with Gasteiger partial charge in [0.15, 0.2) is 0 Å². The molecule has 4 aromatic carbocycles. The van der Waals surface area contributed by atoms with Gasteiger partial charge in [0.05, 0.1) is 5.56 Å². The molecule has 164 valence electrons. The summed E-state index contributed by atoms with van der Waals surface area (Å²) < 4.78 is 15.1. The van der Waals surface area contributed by atoms with Crippen LogP contribution < -0.4 is 0 Å². The first-order chi connectivity index (χ1) is 16.2. The van der Waals surface area contributed by atoms with Crippen molar-refractivity contribution in [3.05, 3.63) is 131 Å². The second kappa shape index (κ2) is 10.8. The molecule has 0 nitrogen and oxygen atoms in total. The summed E-state index contributed by atoms with van der Waals surface area (Å²) in [6.07, 6.45) is 6.83. The Morgan fingerprint density at radius 1 is 0.727 bits per heavy atom. The molecule has 0 atom stereocenters. The number of rotatable bonds is 7. The highest BCUT2D eigenvalue weighted by Crippen LogP contribution is 2.23. The molecule has 0 saturated carbocycles. The van der Waals surface area contributed by atoms with E-state index in [2.05, 4.69) is 67.8 Å². The lowest BCUT2D eigenvalue weighted by atomic mass is 9.99. The van der Waals surface area contributed by atoms with Crippen LogP contribution in [0.2, 0.25) is 0 Å². The quantitative estimate of drug-likeness (QED) is 0.206. The summed E-state index contributed by atoms with van der Waals surface area (Å²) in [6, 6.07) is 26.7. The van der Waals surface area contributed by atoms with Crippen LogP contribution in [0.1, 0.15) is 46.7 Å². The predicted molar refractivity (Wildman–Crippen MR) is 138 cm³/mol. The monoisotopic (exact) mass is 432 g/mol. The van der Waals surface area contributed by atoms with Crippen LogP contribution in [0.5, 0.6) is 0 Å². The second-order valence-corrected chi connectivity index (χ2v) is 8.43. The number of hydrogen-bond acceptors (Lipinski definition) is 0. The predicted octanol–water partition coefficient (Wildman–Crippen LogP) is 7.84. The van der Waals surface area contributed by atoms with Crippen molar-refractivity contribution in [1.82, 2.24) is 0 Å². The Kier molecular flexibility index (Phi) is 7.38. The number of benzene rings is 4. The zero-order valence-electron chi connectivity index (χ0n) is 19.2. The highest BCUT2D eigenvalue weighted by molar-refractivity contribution is 5.85. The number of halogens is 1. The lowest BCUT2D eigenvalue weighted by molar-refractivity contribution is 0.636. The molecule has 4 rings (SSSR count). The fraction of sp³-hybridized carbons (Fsp3) is 0.188. The number of allylic oxidation sites excluding steroid dienone is 1. The molecule has 0 heterocycles. The summed E-state index contributed by atoms with van der Waals surface area (Å²) in [4.78, 5) is 0. The van der Waals surface area contributed by atoms with Crippen LogP contribution in [0.15, 0.2) is 91.5 Å². The highest BCUT2D eigenvalue weighted by Gasteiger charge is 2.07. The van der Waals surface area contributed by atoms with Crippen molar-refractivity contribution < 1.29 is 4.39 Å². The molecule has 0 N–H and O–H groups in total. The van der Waals surface area contributed by atoms with Gasteiger partial charge in [0, 0.05) is 10.9 Å². The maximum absolute atomic E-state index is 15.1. The maximum atomic E-state index is 15.1. The third-order valence-corrected chi connectivity index (χ3v) is 6.08. The first kappa shape index (κ1) is 22.6. The molecular formula is C32H29F. The van der Waals surface area contributed by atoms with Crippen molar-refractivity contribution in [3.63, 3.8) is 0 Å². The van der Waals surface area contributed by atoms with Gasteiger partial charge in [-0.25, -0.2) is 4.39 Å². The fourth-order valence-corrected chi connectivity index (χ4v) is 3.99. The van der Waals surface area contributed by atoms with E-state index in [0.29, 0.717) is 10.9 Å². The Hall–Kier alpha value is -3.63. The minimum Gasteiger partial charge on any atom is -0.205 e. The molecule has 0 unspecified atom stereocenters. The number of aryl methyl sites for hydroxylation is 4. The molecule has 0 aliphatic rings. The van der Waals surface area contributed by atoms with Gasteiger partial charge in [-0.3, -0.25) is 0 Å². The third kappa shape index (κ3) is 5.79. The normalized spacial score (nSPS) is 10.6. The molecule has 1 heteroatoms. The van der Waals surface area contributed by atoms with Crippen LogP contribution in [0.25, 0.3) is 10.8 Å². The van der Waals surface area contributed by atoms with Gasteiger partial charge in [0.25, 0.3) is 0 Å². The van der Waals surface area contributed by atoms with Gasteiger partial charge in [-0.15, -0.1) is 6.58 Å². The summed E-state index contributed by atoms with van der Waals surface area (Å²) >= 11 is 0. The zero-order valence-corrected chi connectivity index (χ0v) is 19.2. The van der Waals surface area contributed by atoms with E-state index >= 15 is 4.39 Å².